The second-order valence-corrected chi connectivity index (χ2v) is 28.0. The molecule has 12 aromatic carbocycles. The van der Waals surface area contributed by atoms with Gasteiger partial charge in [-0.25, -0.2) is 0 Å². The molecule has 12 aromatic rings. The van der Waals surface area contributed by atoms with Gasteiger partial charge in [-0.05, 0) is 186 Å². The van der Waals surface area contributed by atoms with Crippen LogP contribution in [-0.2, 0) is 5.41 Å². The Balaban J connectivity index is 1.03. The first-order valence-electron chi connectivity index (χ1n) is 33.9. The van der Waals surface area contributed by atoms with Crippen molar-refractivity contribution in [3.8, 4) is 11.1 Å². The van der Waals surface area contributed by atoms with Crippen LogP contribution in [0.5, 0.6) is 0 Å². The van der Waals surface area contributed by atoms with Crippen LogP contribution in [0.15, 0.2) is 279 Å². The first kappa shape index (κ1) is 56.8. The molecular formula is C89H78N4. The second-order valence-electron chi connectivity index (χ2n) is 28.0. The van der Waals surface area contributed by atoms with Gasteiger partial charge in [0.25, 0.3) is 0 Å². The summed E-state index contributed by atoms with van der Waals surface area (Å²) in [6.45, 7) is 19.1. The van der Waals surface area contributed by atoms with E-state index in [1.54, 1.807) is 0 Å². The lowest BCUT2D eigenvalue weighted by Gasteiger charge is -2.43. The molecule has 0 N–H and O–H groups in total. The van der Waals surface area contributed by atoms with Gasteiger partial charge >= 0.3 is 0 Å². The molecule has 4 aliphatic heterocycles. The molecule has 93 heavy (non-hydrogen) atoms. The Morgan fingerprint density at radius 2 is 0.409 bits per heavy atom. The Bertz CT molecular complexity index is 4180. The molecule has 454 valence electrons. The first-order chi connectivity index (χ1) is 45.5. The summed E-state index contributed by atoms with van der Waals surface area (Å²) in [5.41, 5.74) is 31.4. The third-order valence-electron chi connectivity index (χ3n) is 21.4. The summed E-state index contributed by atoms with van der Waals surface area (Å²) in [4.78, 5) is 10.4. The number of para-hydroxylation sites is 8. The van der Waals surface area contributed by atoms with Gasteiger partial charge < -0.3 is 19.6 Å². The zero-order chi connectivity index (χ0) is 63.0. The van der Waals surface area contributed by atoms with Gasteiger partial charge in [0.2, 0.25) is 0 Å². The standard InChI is InChI=1S/C89H78N4/c1-55(2)85-67-31-11-21-41-77(67)90(78-42-22-12-32-68(78)85)61-49-59(50-62(53-61)91-79-43-23-13-33-69(79)86(56(3)4)70-34-14-24-44-80(70)91)89(75-39-19-9-29-65(75)66-30-10-20-40-76(66)89)60-51-63(92-81-45-25-15-35-71(81)87(57(5)6)72-36-16-26-46-82(72)92)54-64(52-60)93-83-47-27-17-37-73(83)88(58(7)8)74-38-18-28-48-84(74)93/h9-58,85-88H,1-8H3. The number of nitrogens with zero attached hydrogens (tertiary/aromatic N) is 4. The predicted octanol–water partition coefficient (Wildman–Crippen LogP) is 24.3. The third kappa shape index (κ3) is 8.49. The van der Waals surface area contributed by atoms with E-state index in [1.807, 2.05) is 0 Å². The zero-order valence-electron chi connectivity index (χ0n) is 54.5. The average Bonchev–Trinajstić information content (AvgIpc) is 1.60. The van der Waals surface area contributed by atoms with Crippen LogP contribution in [-0.4, -0.2) is 0 Å². The molecule has 0 unspecified atom stereocenters. The molecule has 4 nitrogen and oxygen atoms in total. The van der Waals surface area contributed by atoms with E-state index in [0.29, 0.717) is 23.7 Å². The highest BCUT2D eigenvalue weighted by Crippen LogP contribution is 2.63. The largest absolute Gasteiger partial charge is 0.310 e. The van der Waals surface area contributed by atoms with E-state index in [4.69, 9.17) is 0 Å². The maximum absolute atomic E-state index is 2.61. The van der Waals surface area contributed by atoms with Crippen molar-refractivity contribution >= 4 is 68.2 Å². The van der Waals surface area contributed by atoms with Crippen molar-refractivity contribution in [3.63, 3.8) is 0 Å². The lowest BCUT2D eigenvalue weighted by molar-refractivity contribution is 0.560. The summed E-state index contributed by atoms with van der Waals surface area (Å²) in [5.74, 6) is 2.34. The van der Waals surface area contributed by atoms with E-state index in [-0.39, 0.29) is 23.7 Å². The van der Waals surface area contributed by atoms with Crippen LogP contribution < -0.4 is 19.6 Å². The highest BCUT2D eigenvalue weighted by Gasteiger charge is 2.49. The van der Waals surface area contributed by atoms with Crippen molar-refractivity contribution in [2.45, 2.75) is 84.5 Å². The first-order valence-corrected chi connectivity index (χ1v) is 33.9. The predicted molar refractivity (Wildman–Crippen MR) is 389 cm³/mol. The van der Waals surface area contributed by atoms with Crippen molar-refractivity contribution < 1.29 is 0 Å². The van der Waals surface area contributed by atoms with E-state index in [0.717, 1.165) is 22.7 Å². The molecule has 0 saturated carbocycles. The minimum absolute atomic E-state index is 0.216. The maximum Gasteiger partial charge on any atom is 0.0716 e. The molecular weight excluding hydrogens is 1130 g/mol. The van der Waals surface area contributed by atoms with Gasteiger partial charge in [0, 0.05) is 91.9 Å². The fourth-order valence-corrected chi connectivity index (χ4v) is 18.0. The number of hydrogen-bond donors (Lipinski definition) is 0. The summed E-state index contributed by atoms with van der Waals surface area (Å²) in [5, 5.41) is 0. The Morgan fingerprint density at radius 3 is 0.613 bits per heavy atom. The molecule has 0 amide bonds. The highest BCUT2D eigenvalue weighted by atomic mass is 15.2. The fraction of sp³-hybridized carbons (Fsp3) is 0.191. The zero-order valence-corrected chi connectivity index (χ0v) is 54.5. The van der Waals surface area contributed by atoms with Crippen LogP contribution in [0.25, 0.3) is 11.1 Å². The Morgan fingerprint density at radius 1 is 0.226 bits per heavy atom. The normalized spacial score (nSPS) is 15.3. The van der Waals surface area contributed by atoms with Gasteiger partial charge in [-0.2, -0.15) is 0 Å². The van der Waals surface area contributed by atoms with E-state index in [2.05, 4.69) is 354 Å². The van der Waals surface area contributed by atoms with Gasteiger partial charge in [-0.1, -0.05) is 250 Å². The molecule has 0 saturated heterocycles. The molecule has 4 heteroatoms. The number of rotatable bonds is 10. The van der Waals surface area contributed by atoms with Crippen LogP contribution in [0.3, 0.4) is 0 Å². The minimum Gasteiger partial charge on any atom is -0.310 e. The molecule has 0 aromatic heterocycles. The SMILES string of the molecule is CC(C)C1c2ccccc2N(c2cc(N3c4ccccc4C(C(C)C)c4ccccc43)cc(C3(c4cc(N5c6ccccc6C(C(C)C)c6ccccc65)cc(N5c6ccccc6C(C(C)C)c6ccccc65)c4)c4ccccc4-c4ccccc43)c2)c2ccccc21. The van der Waals surface area contributed by atoms with Gasteiger partial charge in [-0.15, -0.1) is 0 Å². The van der Waals surface area contributed by atoms with E-state index in [9.17, 15) is 0 Å². The van der Waals surface area contributed by atoms with Crippen LogP contribution in [0.4, 0.5) is 68.2 Å². The van der Waals surface area contributed by atoms with Gasteiger partial charge in [0.15, 0.2) is 0 Å². The van der Waals surface area contributed by atoms with Crippen LogP contribution in [0.1, 0.15) is 146 Å². The highest BCUT2D eigenvalue weighted by molar-refractivity contribution is 5.96. The van der Waals surface area contributed by atoms with Gasteiger partial charge in [0.1, 0.15) is 0 Å². The van der Waals surface area contributed by atoms with Crippen LogP contribution in [0, 0.1) is 23.7 Å². The molecule has 0 fully saturated rings. The molecule has 0 bridgehead atoms. The van der Waals surface area contributed by atoms with E-state index >= 15 is 0 Å². The lowest BCUT2D eigenvalue weighted by Crippen LogP contribution is -2.31. The number of fused-ring (bicyclic) bond motifs is 11. The summed E-state index contributed by atoms with van der Waals surface area (Å²) in [6.07, 6.45) is 0. The molecule has 1 aliphatic carbocycles. The molecule has 17 rings (SSSR count). The number of benzene rings is 12. The smallest absolute Gasteiger partial charge is 0.0716 e. The quantitative estimate of drug-likeness (QED) is 0.135. The molecule has 0 spiro atoms. The van der Waals surface area contributed by atoms with Crippen molar-refractivity contribution in [2.75, 3.05) is 19.6 Å². The van der Waals surface area contributed by atoms with Crippen LogP contribution in [0.2, 0.25) is 0 Å². The second kappa shape index (κ2) is 22.0. The van der Waals surface area contributed by atoms with Crippen molar-refractivity contribution in [2.24, 2.45) is 23.7 Å². The van der Waals surface area contributed by atoms with Gasteiger partial charge in [-0.3, -0.25) is 0 Å². The molecule has 5 aliphatic rings. The maximum atomic E-state index is 2.61. The van der Waals surface area contributed by atoms with Crippen molar-refractivity contribution in [3.05, 3.63) is 346 Å². The van der Waals surface area contributed by atoms with Crippen molar-refractivity contribution in [1.29, 1.82) is 0 Å². The fourth-order valence-electron chi connectivity index (χ4n) is 18.0. The van der Waals surface area contributed by atoms with E-state index < -0.39 is 5.41 Å². The van der Waals surface area contributed by atoms with Crippen molar-refractivity contribution in [1.82, 2.24) is 0 Å². The summed E-state index contributed by atoms with van der Waals surface area (Å²) < 4.78 is 0. The molecule has 0 atom stereocenters. The number of hydrogen-bond acceptors (Lipinski definition) is 4. The van der Waals surface area contributed by atoms with Gasteiger partial charge in [0.05, 0.1) is 5.41 Å². The summed E-state index contributed by atoms with van der Waals surface area (Å²) in [6, 6.07) is 108. The Labute approximate surface area is 549 Å². The summed E-state index contributed by atoms with van der Waals surface area (Å²) in [7, 11) is 0. The lowest BCUT2D eigenvalue weighted by atomic mass is 9.67. The molecule has 0 radical (unpaired) electrons. The minimum atomic E-state index is -0.905. The Kier molecular flexibility index (Phi) is 13.4. The molecule has 4 heterocycles. The monoisotopic (exact) mass is 1200 g/mol. The van der Waals surface area contributed by atoms with Crippen LogP contribution >= 0.6 is 0 Å². The average molecular weight is 1200 g/mol. The topological polar surface area (TPSA) is 13.0 Å². The third-order valence-corrected chi connectivity index (χ3v) is 21.4. The Hall–Kier alpha value is -10.2. The number of anilines is 12. The van der Waals surface area contributed by atoms with E-state index in [1.165, 1.54) is 123 Å². The summed E-state index contributed by atoms with van der Waals surface area (Å²) >= 11 is 0.